The summed E-state index contributed by atoms with van der Waals surface area (Å²) in [7, 11) is -0.885. The molecule has 0 unspecified atom stereocenters. The van der Waals surface area contributed by atoms with E-state index in [9.17, 15) is 22.0 Å². The largest absolute Gasteiger partial charge is 0.435 e. The summed E-state index contributed by atoms with van der Waals surface area (Å²) in [5.74, 6) is -0.374. The smallest absolute Gasteiger partial charge is 0.387 e. The third-order valence-electron chi connectivity index (χ3n) is 3.80. The van der Waals surface area contributed by atoms with Crippen molar-refractivity contribution in [2.45, 2.75) is 18.1 Å². The highest BCUT2D eigenvalue weighted by Gasteiger charge is 2.24. The predicted molar refractivity (Wildman–Crippen MR) is 95.8 cm³/mol. The van der Waals surface area contributed by atoms with Gasteiger partial charge in [0, 0.05) is 20.6 Å². The van der Waals surface area contributed by atoms with Gasteiger partial charge in [-0.05, 0) is 29.8 Å². The summed E-state index contributed by atoms with van der Waals surface area (Å²) in [5.41, 5.74) is 0.695. The van der Waals surface area contributed by atoms with Crippen molar-refractivity contribution in [3.63, 3.8) is 0 Å². The average molecular weight is 398 g/mol. The molecule has 0 saturated carbocycles. The van der Waals surface area contributed by atoms with Crippen molar-refractivity contribution in [2.75, 3.05) is 20.6 Å². The first-order valence-electron chi connectivity index (χ1n) is 7.99. The van der Waals surface area contributed by atoms with Crippen LogP contribution in [-0.2, 0) is 21.4 Å². The van der Waals surface area contributed by atoms with Crippen molar-refractivity contribution in [3.8, 4) is 5.75 Å². The Balaban J connectivity index is 1.97. The van der Waals surface area contributed by atoms with E-state index in [4.69, 9.17) is 0 Å². The van der Waals surface area contributed by atoms with Gasteiger partial charge in [-0.3, -0.25) is 4.79 Å². The lowest BCUT2D eigenvalue weighted by atomic mass is 10.2. The lowest BCUT2D eigenvalue weighted by Gasteiger charge is -2.22. The van der Waals surface area contributed by atoms with E-state index in [0.717, 1.165) is 4.31 Å². The summed E-state index contributed by atoms with van der Waals surface area (Å²) in [6.45, 7) is -3.02. The Hall–Kier alpha value is -2.52. The number of carbonyl (C=O) groups is 1. The van der Waals surface area contributed by atoms with Crippen LogP contribution in [0.5, 0.6) is 5.75 Å². The molecule has 0 heterocycles. The number of likely N-dealkylation sites (N-methyl/N-ethyl adjacent to an activating group) is 2. The van der Waals surface area contributed by atoms with Crippen LogP contribution in [0.15, 0.2) is 59.5 Å². The van der Waals surface area contributed by atoms with E-state index in [1.807, 2.05) is 0 Å². The number of carbonyl (C=O) groups excluding carboxylic acids is 1. The fourth-order valence-corrected chi connectivity index (χ4v) is 3.45. The minimum absolute atomic E-state index is 0.0245. The van der Waals surface area contributed by atoms with Crippen LogP contribution in [0.1, 0.15) is 5.56 Å². The maximum atomic E-state index is 12.5. The molecule has 2 aromatic rings. The zero-order valence-corrected chi connectivity index (χ0v) is 15.7. The molecule has 0 bridgehead atoms. The summed E-state index contributed by atoms with van der Waals surface area (Å²) in [4.78, 5) is 13.8. The van der Waals surface area contributed by atoms with Crippen LogP contribution < -0.4 is 4.74 Å². The molecule has 0 atom stereocenters. The van der Waals surface area contributed by atoms with Crippen LogP contribution >= 0.6 is 0 Å². The SMILES string of the molecule is CN(Cc1ccc(OC(F)F)cc1)C(=O)CN(C)S(=O)(=O)c1ccccc1. The normalized spacial score (nSPS) is 11.6. The average Bonchev–Trinajstić information content (AvgIpc) is 2.63. The number of ether oxygens (including phenoxy) is 1. The number of nitrogens with zero attached hydrogens (tertiary/aromatic N) is 2. The Kier molecular flexibility index (Phi) is 6.86. The van der Waals surface area contributed by atoms with Crippen LogP contribution in [-0.4, -0.2) is 50.8 Å². The zero-order chi connectivity index (χ0) is 20.0. The summed E-state index contributed by atoms with van der Waals surface area (Å²) in [6, 6.07) is 13.7. The lowest BCUT2D eigenvalue weighted by molar-refractivity contribution is -0.130. The second-order valence-corrected chi connectivity index (χ2v) is 7.89. The first-order chi connectivity index (χ1) is 12.7. The van der Waals surface area contributed by atoms with Crippen molar-refractivity contribution in [2.24, 2.45) is 0 Å². The Morgan fingerprint density at radius 3 is 2.19 bits per heavy atom. The number of rotatable bonds is 8. The highest BCUT2D eigenvalue weighted by molar-refractivity contribution is 7.89. The lowest BCUT2D eigenvalue weighted by Crippen LogP contribution is -2.39. The Bertz CT molecular complexity index is 859. The molecular formula is C18H20F2N2O4S. The molecule has 2 aromatic carbocycles. The second kappa shape index (κ2) is 8.92. The van der Waals surface area contributed by atoms with Crippen LogP contribution in [0.3, 0.4) is 0 Å². The van der Waals surface area contributed by atoms with E-state index in [2.05, 4.69) is 4.74 Å². The molecule has 2 rings (SSSR count). The van der Waals surface area contributed by atoms with Gasteiger partial charge in [0.05, 0.1) is 11.4 Å². The summed E-state index contributed by atoms with van der Waals surface area (Å²) < 4.78 is 54.5. The van der Waals surface area contributed by atoms with Crippen molar-refractivity contribution in [1.82, 2.24) is 9.21 Å². The Morgan fingerprint density at radius 1 is 1.04 bits per heavy atom. The molecule has 0 fully saturated rings. The fourth-order valence-electron chi connectivity index (χ4n) is 2.31. The van der Waals surface area contributed by atoms with Crippen molar-refractivity contribution in [3.05, 3.63) is 60.2 Å². The molecule has 0 aromatic heterocycles. The van der Waals surface area contributed by atoms with Gasteiger partial charge in [-0.15, -0.1) is 0 Å². The highest BCUT2D eigenvalue weighted by Crippen LogP contribution is 2.16. The van der Waals surface area contributed by atoms with Crippen molar-refractivity contribution < 1.29 is 26.7 Å². The first-order valence-corrected chi connectivity index (χ1v) is 9.43. The first kappa shape index (κ1) is 20.8. The minimum Gasteiger partial charge on any atom is -0.435 e. The quantitative estimate of drug-likeness (QED) is 0.686. The minimum atomic E-state index is -3.76. The molecule has 146 valence electrons. The Morgan fingerprint density at radius 2 is 1.63 bits per heavy atom. The maximum Gasteiger partial charge on any atom is 0.387 e. The van der Waals surface area contributed by atoms with E-state index in [1.165, 1.54) is 43.3 Å². The van der Waals surface area contributed by atoms with Crippen LogP contribution in [0.2, 0.25) is 0 Å². The molecule has 0 radical (unpaired) electrons. The molecule has 0 aliphatic heterocycles. The molecule has 0 saturated heterocycles. The standard InChI is InChI=1S/C18H20F2N2O4S/c1-21(12-14-8-10-15(11-9-14)26-18(19)20)17(23)13-22(2)27(24,25)16-6-4-3-5-7-16/h3-11,18H,12-13H2,1-2H3. The van der Waals surface area contributed by atoms with Gasteiger partial charge in [0.1, 0.15) is 5.75 Å². The third-order valence-corrected chi connectivity index (χ3v) is 5.62. The van der Waals surface area contributed by atoms with E-state index in [1.54, 1.807) is 30.3 Å². The van der Waals surface area contributed by atoms with Gasteiger partial charge in [-0.25, -0.2) is 8.42 Å². The van der Waals surface area contributed by atoms with Gasteiger partial charge in [-0.1, -0.05) is 30.3 Å². The van der Waals surface area contributed by atoms with E-state index < -0.39 is 22.5 Å². The second-order valence-electron chi connectivity index (χ2n) is 5.85. The predicted octanol–water partition coefficient (Wildman–Crippen LogP) is 2.57. The highest BCUT2D eigenvalue weighted by atomic mass is 32.2. The Labute approximate surface area is 157 Å². The van der Waals surface area contributed by atoms with Crippen molar-refractivity contribution >= 4 is 15.9 Å². The van der Waals surface area contributed by atoms with Gasteiger partial charge in [0.25, 0.3) is 0 Å². The summed E-state index contributed by atoms with van der Waals surface area (Å²) in [5, 5.41) is 0. The monoisotopic (exact) mass is 398 g/mol. The molecule has 0 N–H and O–H groups in total. The van der Waals surface area contributed by atoms with Crippen LogP contribution in [0.4, 0.5) is 8.78 Å². The topological polar surface area (TPSA) is 66.9 Å². The van der Waals surface area contributed by atoms with Gasteiger partial charge in [-0.2, -0.15) is 13.1 Å². The molecule has 27 heavy (non-hydrogen) atoms. The number of hydrogen-bond donors (Lipinski definition) is 0. The molecule has 9 heteroatoms. The molecule has 0 aliphatic carbocycles. The van der Waals surface area contributed by atoms with Gasteiger partial charge >= 0.3 is 6.61 Å². The van der Waals surface area contributed by atoms with Gasteiger partial charge in [0.15, 0.2) is 0 Å². The van der Waals surface area contributed by atoms with E-state index in [-0.39, 0.29) is 23.7 Å². The maximum absolute atomic E-state index is 12.5. The molecule has 0 spiro atoms. The van der Waals surface area contributed by atoms with Gasteiger partial charge in [0.2, 0.25) is 15.9 Å². The number of amides is 1. The number of alkyl halides is 2. The summed E-state index contributed by atoms with van der Waals surface area (Å²) in [6.07, 6.45) is 0. The number of halogens is 2. The fraction of sp³-hybridized carbons (Fsp3) is 0.278. The number of hydrogen-bond acceptors (Lipinski definition) is 4. The number of sulfonamides is 1. The van der Waals surface area contributed by atoms with Crippen LogP contribution in [0, 0.1) is 0 Å². The van der Waals surface area contributed by atoms with Crippen LogP contribution in [0.25, 0.3) is 0 Å². The van der Waals surface area contributed by atoms with E-state index in [0.29, 0.717) is 5.56 Å². The molecular weight excluding hydrogens is 378 g/mol. The number of benzene rings is 2. The van der Waals surface area contributed by atoms with E-state index >= 15 is 0 Å². The van der Waals surface area contributed by atoms with Gasteiger partial charge < -0.3 is 9.64 Å². The zero-order valence-electron chi connectivity index (χ0n) is 14.9. The molecule has 6 nitrogen and oxygen atoms in total. The third kappa shape index (κ3) is 5.73. The summed E-state index contributed by atoms with van der Waals surface area (Å²) >= 11 is 0. The molecule has 0 aliphatic rings. The molecule has 1 amide bonds. The van der Waals surface area contributed by atoms with Crippen molar-refractivity contribution in [1.29, 1.82) is 0 Å².